The predicted molar refractivity (Wildman–Crippen MR) is 114 cm³/mol. The third kappa shape index (κ3) is 4.02. The molecule has 3 aromatic rings. The minimum atomic E-state index is -0.0490. The van der Waals surface area contributed by atoms with Crippen LogP contribution in [0.4, 0.5) is 11.4 Å². The summed E-state index contributed by atoms with van der Waals surface area (Å²) in [5.74, 6) is 0. The van der Waals surface area contributed by atoms with Crippen LogP contribution < -0.4 is 15.8 Å². The highest BCUT2D eigenvalue weighted by atomic mass is 16.1. The van der Waals surface area contributed by atoms with Crippen molar-refractivity contribution in [1.29, 1.82) is 0 Å². The summed E-state index contributed by atoms with van der Waals surface area (Å²) >= 11 is 0. The SMILES string of the molecule is CCN1CCN(c2ccc(NCc3cc(=O)n4cc(C)ccc4n3)cc2)CC1. The zero-order valence-corrected chi connectivity index (χ0v) is 16.6. The summed E-state index contributed by atoms with van der Waals surface area (Å²) in [5, 5.41) is 3.37. The molecule has 2 aromatic heterocycles. The van der Waals surface area contributed by atoms with Crippen molar-refractivity contribution in [3.63, 3.8) is 0 Å². The largest absolute Gasteiger partial charge is 0.379 e. The highest BCUT2D eigenvalue weighted by molar-refractivity contribution is 5.55. The molecular weight excluding hydrogens is 350 g/mol. The van der Waals surface area contributed by atoms with Crippen molar-refractivity contribution in [3.8, 4) is 0 Å². The molecule has 6 heteroatoms. The highest BCUT2D eigenvalue weighted by Gasteiger charge is 2.15. The van der Waals surface area contributed by atoms with Gasteiger partial charge in [-0.25, -0.2) is 4.98 Å². The van der Waals surface area contributed by atoms with E-state index in [1.54, 1.807) is 10.5 Å². The number of rotatable bonds is 5. The van der Waals surface area contributed by atoms with Gasteiger partial charge in [0.1, 0.15) is 5.65 Å². The standard InChI is InChI=1S/C22H27N5O/c1-3-25-10-12-26(13-11-25)20-7-5-18(6-8-20)23-15-19-14-22(28)27-16-17(2)4-9-21(27)24-19/h4-9,14,16,23H,3,10-13,15H2,1-2H3. The van der Waals surface area contributed by atoms with Gasteiger partial charge in [-0.15, -0.1) is 0 Å². The zero-order valence-electron chi connectivity index (χ0n) is 16.6. The molecular formula is C22H27N5O. The Balaban J connectivity index is 1.41. The Morgan fingerprint density at radius 2 is 1.79 bits per heavy atom. The molecule has 0 bridgehead atoms. The number of hydrogen-bond acceptors (Lipinski definition) is 5. The van der Waals surface area contributed by atoms with Crippen LogP contribution in [0, 0.1) is 6.92 Å². The first-order valence-electron chi connectivity index (χ1n) is 9.92. The number of pyridine rings is 1. The number of piperazine rings is 1. The van der Waals surface area contributed by atoms with Gasteiger partial charge in [0.05, 0.1) is 12.2 Å². The lowest BCUT2D eigenvalue weighted by atomic mass is 10.2. The number of aromatic nitrogens is 2. The molecule has 1 fully saturated rings. The van der Waals surface area contributed by atoms with Crippen LogP contribution in [0.3, 0.4) is 0 Å². The van der Waals surface area contributed by atoms with Crippen molar-refractivity contribution in [2.45, 2.75) is 20.4 Å². The summed E-state index contributed by atoms with van der Waals surface area (Å²) < 4.78 is 1.59. The molecule has 146 valence electrons. The van der Waals surface area contributed by atoms with Crippen LogP contribution in [0.5, 0.6) is 0 Å². The third-order valence-electron chi connectivity index (χ3n) is 5.39. The van der Waals surface area contributed by atoms with Crippen molar-refractivity contribution < 1.29 is 0 Å². The molecule has 0 aliphatic carbocycles. The second-order valence-electron chi connectivity index (χ2n) is 7.34. The molecule has 1 aliphatic rings. The Morgan fingerprint density at radius 3 is 2.50 bits per heavy atom. The molecule has 0 unspecified atom stereocenters. The molecule has 0 spiro atoms. The van der Waals surface area contributed by atoms with E-state index in [0.29, 0.717) is 12.2 Å². The average Bonchev–Trinajstić information content (AvgIpc) is 2.73. The van der Waals surface area contributed by atoms with Gasteiger partial charge in [0.25, 0.3) is 5.56 Å². The highest BCUT2D eigenvalue weighted by Crippen LogP contribution is 2.20. The van der Waals surface area contributed by atoms with E-state index in [9.17, 15) is 4.79 Å². The number of nitrogens with one attached hydrogen (secondary N) is 1. The first-order chi connectivity index (χ1) is 13.6. The maximum atomic E-state index is 12.3. The van der Waals surface area contributed by atoms with Gasteiger partial charge >= 0.3 is 0 Å². The van der Waals surface area contributed by atoms with Gasteiger partial charge in [0.2, 0.25) is 0 Å². The second-order valence-corrected chi connectivity index (χ2v) is 7.34. The summed E-state index contributed by atoms with van der Waals surface area (Å²) in [6, 6.07) is 14.0. The van der Waals surface area contributed by atoms with Gasteiger partial charge in [0, 0.05) is 49.8 Å². The van der Waals surface area contributed by atoms with E-state index in [1.807, 2.05) is 25.3 Å². The average molecular weight is 377 g/mol. The quantitative estimate of drug-likeness (QED) is 0.741. The molecule has 0 atom stereocenters. The molecule has 4 rings (SSSR count). The number of likely N-dealkylation sites (N-methyl/N-ethyl adjacent to an activating group) is 1. The maximum Gasteiger partial charge on any atom is 0.258 e. The molecule has 0 saturated carbocycles. The fraction of sp³-hybridized carbons (Fsp3) is 0.364. The normalized spacial score (nSPS) is 15.1. The maximum absolute atomic E-state index is 12.3. The molecule has 6 nitrogen and oxygen atoms in total. The van der Waals surface area contributed by atoms with Crippen molar-refractivity contribution in [1.82, 2.24) is 14.3 Å². The Bertz CT molecular complexity index is 1000. The smallest absolute Gasteiger partial charge is 0.258 e. The summed E-state index contributed by atoms with van der Waals surface area (Å²) in [4.78, 5) is 21.8. The number of anilines is 2. The van der Waals surface area contributed by atoms with Gasteiger partial charge in [-0.05, 0) is 49.4 Å². The number of fused-ring (bicyclic) bond motifs is 1. The minimum Gasteiger partial charge on any atom is -0.379 e. The van der Waals surface area contributed by atoms with E-state index in [4.69, 9.17) is 0 Å². The van der Waals surface area contributed by atoms with E-state index in [1.165, 1.54) is 5.69 Å². The minimum absolute atomic E-state index is 0.0490. The summed E-state index contributed by atoms with van der Waals surface area (Å²) in [6.45, 7) is 10.2. The Kier molecular flexibility index (Phi) is 5.30. The van der Waals surface area contributed by atoms with Gasteiger partial charge < -0.3 is 15.1 Å². The monoisotopic (exact) mass is 377 g/mol. The number of nitrogens with zero attached hydrogens (tertiary/aromatic N) is 4. The second kappa shape index (κ2) is 8.02. The molecule has 3 heterocycles. The number of benzene rings is 1. The number of hydrogen-bond donors (Lipinski definition) is 1. The van der Waals surface area contributed by atoms with Crippen molar-refractivity contribution in [3.05, 3.63) is 70.3 Å². The molecule has 1 N–H and O–H groups in total. The van der Waals surface area contributed by atoms with Crippen LogP contribution >= 0.6 is 0 Å². The van der Waals surface area contributed by atoms with Crippen molar-refractivity contribution in [2.24, 2.45) is 0 Å². The summed E-state index contributed by atoms with van der Waals surface area (Å²) in [7, 11) is 0. The molecule has 28 heavy (non-hydrogen) atoms. The Morgan fingerprint density at radius 1 is 1.04 bits per heavy atom. The summed E-state index contributed by atoms with van der Waals surface area (Å²) in [6.07, 6.45) is 1.82. The fourth-order valence-corrected chi connectivity index (χ4v) is 3.65. The molecule has 0 amide bonds. The van der Waals surface area contributed by atoms with Gasteiger partial charge in [-0.3, -0.25) is 9.20 Å². The first kappa shape index (κ1) is 18.5. The van der Waals surface area contributed by atoms with Crippen LogP contribution in [0.2, 0.25) is 0 Å². The van der Waals surface area contributed by atoms with Crippen LogP contribution in [-0.4, -0.2) is 47.0 Å². The van der Waals surface area contributed by atoms with Crippen molar-refractivity contribution >= 4 is 17.0 Å². The van der Waals surface area contributed by atoms with Gasteiger partial charge in [-0.1, -0.05) is 13.0 Å². The lowest BCUT2D eigenvalue weighted by molar-refractivity contribution is 0.271. The van der Waals surface area contributed by atoms with Crippen molar-refractivity contribution in [2.75, 3.05) is 42.9 Å². The van der Waals surface area contributed by atoms with E-state index in [0.717, 1.165) is 49.7 Å². The van der Waals surface area contributed by atoms with E-state index in [-0.39, 0.29) is 5.56 Å². The van der Waals surface area contributed by atoms with Crippen LogP contribution in [0.1, 0.15) is 18.2 Å². The molecule has 0 radical (unpaired) electrons. The topological polar surface area (TPSA) is 52.9 Å². The lowest BCUT2D eigenvalue weighted by Crippen LogP contribution is -2.46. The van der Waals surface area contributed by atoms with Gasteiger partial charge in [0.15, 0.2) is 0 Å². The van der Waals surface area contributed by atoms with E-state index >= 15 is 0 Å². The molecule has 1 aromatic carbocycles. The van der Waals surface area contributed by atoms with E-state index < -0.39 is 0 Å². The predicted octanol–water partition coefficient (Wildman–Crippen LogP) is 2.76. The van der Waals surface area contributed by atoms with Crippen LogP contribution in [0.25, 0.3) is 5.65 Å². The molecule has 1 saturated heterocycles. The first-order valence-corrected chi connectivity index (χ1v) is 9.92. The van der Waals surface area contributed by atoms with Gasteiger partial charge in [-0.2, -0.15) is 0 Å². The van der Waals surface area contributed by atoms with E-state index in [2.05, 4.69) is 51.3 Å². The van der Waals surface area contributed by atoms with Crippen LogP contribution in [-0.2, 0) is 6.54 Å². The Hall–Kier alpha value is -2.86. The fourth-order valence-electron chi connectivity index (χ4n) is 3.65. The molecule has 1 aliphatic heterocycles. The Labute approximate surface area is 165 Å². The van der Waals surface area contributed by atoms with Crippen LogP contribution in [0.15, 0.2) is 53.5 Å². The third-order valence-corrected chi connectivity index (χ3v) is 5.39. The lowest BCUT2D eigenvalue weighted by Gasteiger charge is -2.35. The summed E-state index contributed by atoms with van der Waals surface area (Å²) in [5.41, 5.74) is 4.70. The zero-order chi connectivity index (χ0) is 19.5. The number of aryl methyl sites for hydroxylation is 1.